The highest BCUT2D eigenvalue weighted by atomic mass is 19.4. The van der Waals surface area contributed by atoms with Gasteiger partial charge in [-0.25, -0.2) is 0 Å². The van der Waals surface area contributed by atoms with Crippen LogP contribution >= 0.6 is 0 Å². The molecule has 32 heavy (non-hydrogen) atoms. The van der Waals surface area contributed by atoms with Crippen LogP contribution in [0.25, 0.3) is 11.4 Å². The second-order valence-electron chi connectivity index (χ2n) is 7.73. The molecule has 0 unspecified atom stereocenters. The molecule has 168 valence electrons. The van der Waals surface area contributed by atoms with E-state index in [1.54, 1.807) is 17.2 Å². The first-order valence-electron chi connectivity index (χ1n) is 10.2. The normalized spacial score (nSPS) is 16.2. The third-order valence-electron chi connectivity index (χ3n) is 5.55. The number of halogens is 3. The van der Waals surface area contributed by atoms with Gasteiger partial charge in [-0.15, -0.1) is 0 Å². The highest BCUT2D eigenvalue weighted by Gasteiger charge is 2.31. The third-order valence-corrected chi connectivity index (χ3v) is 5.55. The monoisotopic (exact) mass is 445 g/mol. The van der Waals surface area contributed by atoms with Crippen LogP contribution in [0.5, 0.6) is 0 Å². The van der Waals surface area contributed by atoms with Crippen LogP contribution in [0.3, 0.4) is 0 Å². The molecular formula is C22H22F3N5O2. The predicted molar refractivity (Wildman–Crippen MR) is 110 cm³/mol. The number of piperazine rings is 1. The van der Waals surface area contributed by atoms with Crippen LogP contribution in [-0.4, -0.2) is 57.0 Å². The van der Waals surface area contributed by atoms with Crippen molar-refractivity contribution in [2.75, 3.05) is 26.2 Å². The van der Waals surface area contributed by atoms with Crippen molar-refractivity contribution in [1.82, 2.24) is 24.9 Å². The summed E-state index contributed by atoms with van der Waals surface area (Å²) in [7, 11) is 0. The van der Waals surface area contributed by atoms with E-state index in [0.717, 1.165) is 17.8 Å². The summed E-state index contributed by atoms with van der Waals surface area (Å²) in [6, 6.07) is 8.18. The third kappa shape index (κ3) is 4.64. The van der Waals surface area contributed by atoms with Gasteiger partial charge in [-0.1, -0.05) is 17.3 Å². The molecule has 3 aromatic rings. The number of benzene rings is 1. The smallest absolute Gasteiger partial charge is 0.337 e. The van der Waals surface area contributed by atoms with Gasteiger partial charge in [0.1, 0.15) is 0 Å². The summed E-state index contributed by atoms with van der Waals surface area (Å²) in [5.41, 5.74) is 0.882. The van der Waals surface area contributed by atoms with E-state index in [1.807, 2.05) is 19.9 Å². The van der Waals surface area contributed by atoms with Gasteiger partial charge < -0.3 is 9.42 Å². The number of pyridine rings is 1. The lowest BCUT2D eigenvalue weighted by Crippen LogP contribution is -2.49. The molecule has 1 saturated heterocycles. The lowest BCUT2D eigenvalue weighted by molar-refractivity contribution is -0.137. The Kier molecular flexibility index (Phi) is 5.96. The molecule has 10 heteroatoms. The van der Waals surface area contributed by atoms with Crippen molar-refractivity contribution in [3.8, 4) is 11.4 Å². The second-order valence-corrected chi connectivity index (χ2v) is 7.73. The number of amides is 1. The first-order valence-corrected chi connectivity index (χ1v) is 10.2. The van der Waals surface area contributed by atoms with E-state index in [2.05, 4.69) is 20.0 Å². The summed E-state index contributed by atoms with van der Waals surface area (Å²) in [5.74, 6) is 0.369. The van der Waals surface area contributed by atoms with Gasteiger partial charge in [0.15, 0.2) is 0 Å². The Morgan fingerprint density at radius 3 is 2.53 bits per heavy atom. The van der Waals surface area contributed by atoms with Crippen molar-refractivity contribution >= 4 is 5.91 Å². The van der Waals surface area contributed by atoms with Gasteiger partial charge in [-0.3, -0.25) is 14.7 Å². The fourth-order valence-corrected chi connectivity index (χ4v) is 3.60. The second kappa shape index (κ2) is 8.70. The van der Waals surface area contributed by atoms with E-state index >= 15 is 0 Å². The molecule has 1 amide bonds. The summed E-state index contributed by atoms with van der Waals surface area (Å²) in [5, 5.41) is 3.86. The lowest BCUT2D eigenvalue weighted by Gasteiger charge is -2.36. The highest BCUT2D eigenvalue weighted by Crippen LogP contribution is 2.32. The summed E-state index contributed by atoms with van der Waals surface area (Å²) >= 11 is 0. The molecule has 0 bridgehead atoms. The van der Waals surface area contributed by atoms with Crippen LogP contribution in [0.4, 0.5) is 13.2 Å². The largest absolute Gasteiger partial charge is 0.416 e. The summed E-state index contributed by atoms with van der Waals surface area (Å²) in [4.78, 5) is 25.0. The quantitative estimate of drug-likeness (QED) is 0.605. The van der Waals surface area contributed by atoms with Crippen LogP contribution in [0, 0.1) is 6.92 Å². The maximum Gasteiger partial charge on any atom is 0.416 e. The maximum atomic E-state index is 13.0. The average molecular weight is 445 g/mol. The summed E-state index contributed by atoms with van der Waals surface area (Å²) in [6.07, 6.45) is -2.86. The van der Waals surface area contributed by atoms with Gasteiger partial charge in [-0.05, 0) is 38.1 Å². The lowest BCUT2D eigenvalue weighted by atomic mass is 10.1. The van der Waals surface area contributed by atoms with E-state index in [9.17, 15) is 18.0 Å². The molecule has 0 N–H and O–H groups in total. The Morgan fingerprint density at radius 2 is 1.88 bits per heavy atom. The van der Waals surface area contributed by atoms with Crippen LogP contribution < -0.4 is 0 Å². The van der Waals surface area contributed by atoms with E-state index in [-0.39, 0.29) is 23.3 Å². The van der Waals surface area contributed by atoms with Gasteiger partial charge in [0.2, 0.25) is 11.7 Å². The minimum absolute atomic E-state index is 0.0607. The van der Waals surface area contributed by atoms with E-state index in [1.165, 1.54) is 12.1 Å². The predicted octanol–water partition coefficient (Wildman–Crippen LogP) is 3.98. The van der Waals surface area contributed by atoms with Crippen molar-refractivity contribution in [2.45, 2.75) is 26.1 Å². The van der Waals surface area contributed by atoms with Gasteiger partial charge in [0.25, 0.3) is 5.91 Å². The molecule has 7 nitrogen and oxygen atoms in total. The van der Waals surface area contributed by atoms with E-state index in [4.69, 9.17) is 4.52 Å². The number of aromatic nitrogens is 3. The number of carbonyl (C=O) groups excluding carboxylic acids is 1. The molecule has 1 aliphatic heterocycles. The Labute approximate surface area is 182 Å². The molecule has 0 radical (unpaired) electrons. The van der Waals surface area contributed by atoms with Crippen molar-refractivity contribution in [1.29, 1.82) is 0 Å². The highest BCUT2D eigenvalue weighted by molar-refractivity contribution is 5.94. The fourth-order valence-electron chi connectivity index (χ4n) is 3.60. The number of hydrogen-bond acceptors (Lipinski definition) is 6. The zero-order chi connectivity index (χ0) is 22.9. The minimum Gasteiger partial charge on any atom is -0.337 e. The molecule has 0 saturated carbocycles. The Bertz CT molecular complexity index is 1090. The Balaban J connectivity index is 1.40. The van der Waals surface area contributed by atoms with Crippen molar-refractivity contribution < 1.29 is 22.5 Å². The van der Waals surface area contributed by atoms with Crippen molar-refractivity contribution in [3.63, 3.8) is 0 Å². The molecule has 2 aromatic heterocycles. The number of nitrogens with zero attached hydrogens (tertiary/aromatic N) is 5. The zero-order valence-electron chi connectivity index (χ0n) is 17.6. The van der Waals surface area contributed by atoms with Crippen LogP contribution in [0.2, 0.25) is 0 Å². The van der Waals surface area contributed by atoms with Crippen LogP contribution in [-0.2, 0) is 6.18 Å². The van der Waals surface area contributed by atoms with Crippen molar-refractivity contribution in [2.24, 2.45) is 0 Å². The zero-order valence-corrected chi connectivity index (χ0v) is 17.6. The van der Waals surface area contributed by atoms with Gasteiger partial charge in [0, 0.05) is 43.6 Å². The minimum atomic E-state index is -4.44. The molecule has 0 spiro atoms. The molecule has 1 aromatic carbocycles. The Hall–Kier alpha value is -3.27. The molecule has 1 atom stereocenters. The molecule has 1 aliphatic rings. The molecule has 4 rings (SSSR count). The fraction of sp³-hybridized carbons (Fsp3) is 0.364. The van der Waals surface area contributed by atoms with Crippen LogP contribution in [0.1, 0.15) is 40.5 Å². The number of carbonyl (C=O) groups is 1. The topological polar surface area (TPSA) is 75.4 Å². The maximum absolute atomic E-state index is 13.0. The SMILES string of the molecule is Cc1ccc(C(=O)N2CCN([C@H](C)c3nc(-c4cccc(C(F)(F)F)c4)no3)CC2)cn1. The molecule has 1 fully saturated rings. The number of alkyl halides is 3. The first-order chi connectivity index (χ1) is 15.2. The summed E-state index contributed by atoms with van der Waals surface area (Å²) < 4.78 is 44.3. The van der Waals surface area contributed by atoms with Crippen LogP contribution in [0.15, 0.2) is 47.1 Å². The van der Waals surface area contributed by atoms with E-state index in [0.29, 0.717) is 37.6 Å². The number of rotatable bonds is 4. The molecular weight excluding hydrogens is 423 g/mol. The molecule has 3 heterocycles. The van der Waals surface area contributed by atoms with Gasteiger partial charge in [-0.2, -0.15) is 18.2 Å². The van der Waals surface area contributed by atoms with Crippen molar-refractivity contribution in [3.05, 3.63) is 65.3 Å². The number of hydrogen-bond donors (Lipinski definition) is 0. The average Bonchev–Trinajstić information content (AvgIpc) is 3.29. The van der Waals surface area contributed by atoms with E-state index < -0.39 is 11.7 Å². The number of aryl methyl sites for hydroxylation is 1. The van der Waals surface area contributed by atoms with Gasteiger partial charge in [0.05, 0.1) is 17.2 Å². The Morgan fingerprint density at radius 1 is 1.12 bits per heavy atom. The standard InChI is InChI=1S/C22H22F3N5O2/c1-14-6-7-17(13-26-14)21(31)30-10-8-29(9-11-30)15(2)20-27-19(28-32-20)16-4-3-5-18(12-16)22(23,24)25/h3-7,12-13,15H,8-11H2,1-2H3/t15-/m1/s1. The summed E-state index contributed by atoms with van der Waals surface area (Å²) in [6.45, 7) is 6.04. The van der Waals surface area contributed by atoms with Gasteiger partial charge >= 0.3 is 6.18 Å². The molecule has 0 aliphatic carbocycles. The first kappa shape index (κ1) is 21.9.